The standard InChI is InChI=1S/C18H20N6O.ClH/c19-11-15-10-13(6-7-20-15)18-22-17(23-25-18)14-4-5-16(21-12-14)24-8-2-1-3-9-24;/h4-7,10,12H,1-3,8-9,11,19H2;1H. The Kier molecular flexibility index (Phi) is 5.80. The van der Waals surface area contributed by atoms with E-state index in [1.165, 1.54) is 19.3 Å². The molecule has 3 aromatic rings. The zero-order valence-corrected chi connectivity index (χ0v) is 15.2. The van der Waals surface area contributed by atoms with Gasteiger partial charge in [-0.2, -0.15) is 4.98 Å². The number of anilines is 1. The van der Waals surface area contributed by atoms with Gasteiger partial charge < -0.3 is 15.2 Å². The summed E-state index contributed by atoms with van der Waals surface area (Å²) in [6, 6.07) is 7.70. The third-order valence-electron chi connectivity index (χ3n) is 4.38. The van der Waals surface area contributed by atoms with Crippen LogP contribution in [0.1, 0.15) is 25.0 Å². The first-order valence-corrected chi connectivity index (χ1v) is 8.54. The third kappa shape index (κ3) is 3.84. The number of rotatable bonds is 4. The topological polar surface area (TPSA) is 94.0 Å². The molecule has 4 heterocycles. The highest BCUT2D eigenvalue weighted by molar-refractivity contribution is 5.85. The fourth-order valence-corrected chi connectivity index (χ4v) is 3.01. The molecule has 4 rings (SSSR count). The smallest absolute Gasteiger partial charge is 0.258 e. The van der Waals surface area contributed by atoms with Crippen molar-refractivity contribution in [2.75, 3.05) is 18.0 Å². The maximum Gasteiger partial charge on any atom is 0.258 e. The zero-order valence-electron chi connectivity index (χ0n) is 14.3. The summed E-state index contributed by atoms with van der Waals surface area (Å²) in [6.07, 6.45) is 7.26. The number of piperidine rings is 1. The van der Waals surface area contributed by atoms with Crippen molar-refractivity contribution in [2.45, 2.75) is 25.8 Å². The van der Waals surface area contributed by atoms with Crippen LogP contribution in [0.4, 0.5) is 5.82 Å². The molecule has 1 saturated heterocycles. The molecule has 7 nitrogen and oxygen atoms in total. The number of hydrogen-bond donors (Lipinski definition) is 1. The van der Waals surface area contributed by atoms with Gasteiger partial charge in [-0.1, -0.05) is 5.16 Å². The van der Waals surface area contributed by atoms with Crippen LogP contribution in [-0.4, -0.2) is 33.2 Å². The third-order valence-corrected chi connectivity index (χ3v) is 4.38. The van der Waals surface area contributed by atoms with Crippen molar-refractivity contribution in [3.8, 4) is 22.8 Å². The lowest BCUT2D eigenvalue weighted by Gasteiger charge is -2.27. The van der Waals surface area contributed by atoms with E-state index in [1.807, 2.05) is 24.3 Å². The van der Waals surface area contributed by atoms with Crippen molar-refractivity contribution < 1.29 is 4.52 Å². The molecule has 0 radical (unpaired) electrons. The van der Waals surface area contributed by atoms with E-state index in [4.69, 9.17) is 10.3 Å². The quantitative estimate of drug-likeness (QED) is 0.752. The molecule has 0 amide bonds. The minimum Gasteiger partial charge on any atom is -0.357 e. The molecule has 0 spiro atoms. The van der Waals surface area contributed by atoms with Crippen LogP contribution in [0.25, 0.3) is 22.8 Å². The average molecular weight is 373 g/mol. The van der Waals surface area contributed by atoms with Crippen LogP contribution in [0.3, 0.4) is 0 Å². The van der Waals surface area contributed by atoms with E-state index in [2.05, 4.69) is 25.0 Å². The van der Waals surface area contributed by atoms with Gasteiger partial charge in [-0.05, 0) is 43.5 Å². The van der Waals surface area contributed by atoms with Crippen LogP contribution in [0.5, 0.6) is 0 Å². The zero-order chi connectivity index (χ0) is 17.1. The molecule has 136 valence electrons. The van der Waals surface area contributed by atoms with E-state index < -0.39 is 0 Å². The molecule has 1 aliphatic heterocycles. The molecular formula is C18H21ClN6O. The first-order valence-electron chi connectivity index (χ1n) is 8.54. The van der Waals surface area contributed by atoms with E-state index >= 15 is 0 Å². The largest absolute Gasteiger partial charge is 0.357 e. The van der Waals surface area contributed by atoms with Crippen LogP contribution < -0.4 is 10.6 Å². The van der Waals surface area contributed by atoms with Crippen LogP contribution >= 0.6 is 12.4 Å². The van der Waals surface area contributed by atoms with Crippen molar-refractivity contribution >= 4 is 18.2 Å². The summed E-state index contributed by atoms with van der Waals surface area (Å²) in [5, 5.41) is 4.07. The molecule has 0 aliphatic carbocycles. The second kappa shape index (κ2) is 8.25. The molecule has 1 aliphatic rings. The van der Waals surface area contributed by atoms with Crippen molar-refractivity contribution in [1.29, 1.82) is 0 Å². The number of aromatic nitrogens is 4. The minimum absolute atomic E-state index is 0. The maximum atomic E-state index is 5.63. The first-order chi connectivity index (χ1) is 12.3. The van der Waals surface area contributed by atoms with Crippen molar-refractivity contribution in [2.24, 2.45) is 5.73 Å². The average Bonchev–Trinajstić information content (AvgIpc) is 3.19. The lowest BCUT2D eigenvalue weighted by atomic mass is 10.1. The Morgan fingerprint density at radius 1 is 1.04 bits per heavy atom. The highest BCUT2D eigenvalue weighted by atomic mass is 35.5. The minimum atomic E-state index is 0. The number of nitrogens with zero attached hydrogens (tertiary/aromatic N) is 5. The summed E-state index contributed by atoms with van der Waals surface area (Å²) in [7, 11) is 0. The van der Waals surface area contributed by atoms with Gasteiger partial charge in [0.1, 0.15) is 5.82 Å². The molecule has 0 bridgehead atoms. The lowest BCUT2D eigenvalue weighted by molar-refractivity contribution is 0.432. The second-order valence-corrected chi connectivity index (χ2v) is 6.12. The summed E-state index contributed by atoms with van der Waals surface area (Å²) in [5.74, 6) is 1.99. The van der Waals surface area contributed by atoms with Gasteiger partial charge in [0.2, 0.25) is 5.82 Å². The Hall–Kier alpha value is -2.51. The van der Waals surface area contributed by atoms with E-state index in [0.717, 1.165) is 35.7 Å². The molecule has 0 saturated carbocycles. The Morgan fingerprint density at radius 3 is 2.62 bits per heavy atom. The maximum absolute atomic E-state index is 5.63. The Balaban J connectivity index is 0.00000196. The molecule has 2 N–H and O–H groups in total. The molecule has 0 atom stereocenters. The van der Waals surface area contributed by atoms with Gasteiger partial charge in [-0.3, -0.25) is 4.98 Å². The Labute approximate surface area is 158 Å². The normalized spacial score (nSPS) is 14.1. The first kappa shape index (κ1) is 18.3. The molecule has 8 heteroatoms. The van der Waals surface area contributed by atoms with Gasteiger partial charge in [0, 0.05) is 43.2 Å². The van der Waals surface area contributed by atoms with Gasteiger partial charge in [0.15, 0.2) is 0 Å². The lowest BCUT2D eigenvalue weighted by Crippen LogP contribution is -2.29. The van der Waals surface area contributed by atoms with Crippen LogP contribution in [-0.2, 0) is 6.54 Å². The van der Waals surface area contributed by atoms with Gasteiger partial charge in [0.25, 0.3) is 5.89 Å². The Bertz CT molecular complexity index is 845. The number of hydrogen-bond acceptors (Lipinski definition) is 7. The summed E-state index contributed by atoms with van der Waals surface area (Å²) in [5.41, 5.74) is 8.06. The van der Waals surface area contributed by atoms with E-state index in [0.29, 0.717) is 18.3 Å². The van der Waals surface area contributed by atoms with Crippen molar-refractivity contribution in [1.82, 2.24) is 20.1 Å². The summed E-state index contributed by atoms with van der Waals surface area (Å²) in [6.45, 7) is 2.52. The summed E-state index contributed by atoms with van der Waals surface area (Å²) in [4.78, 5) is 15.5. The predicted octanol–water partition coefficient (Wildman–Crippen LogP) is 3.06. The fourth-order valence-electron chi connectivity index (χ4n) is 3.01. The molecular weight excluding hydrogens is 352 g/mol. The van der Waals surface area contributed by atoms with E-state index in [9.17, 15) is 0 Å². The summed E-state index contributed by atoms with van der Waals surface area (Å²) < 4.78 is 5.38. The monoisotopic (exact) mass is 372 g/mol. The van der Waals surface area contributed by atoms with Gasteiger partial charge in [-0.15, -0.1) is 12.4 Å². The SMILES string of the molecule is Cl.NCc1cc(-c2nc(-c3ccc(N4CCCCC4)nc3)no2)ccn1. The van der Waals surface area contributed by atoms with Gasteiger partial charge >= 0.3 is 0 Å². The van der Waals surface area contributed by atoms with Crippen LogP contribution in [0.15, 0.2) is 41.2 Å². The summed E-state index contributed by atoms with van der Waals surface area (Å²) >= 11 is 0. The van der Waals surface area contributed by atoms with Crippen molar-refractivity contribution in [3.05, 3.63) is 42.4 Å². The fraction of sp³-hybridized carbons (Fsp3) is 0.333. The van der Waals surface area contributed by atoms with Gasteiger partial charge in [0.05, 0.1) is 5.69 Å². The molecule has 1 fully saturated rings. The highest BCUT2D eigenvalue weighted by Gasteiger charge is 2.14. The number of pyridine rings is 2. The molecule has 0 unspecified atom stereocenters. The second-order valence-electron chi connectivity index (χ2n) is 6.12. The number of nitrogens with two attached hydrogens (primary N) is 1. The van der Waals surface area contributed by atoms with Gasteiger partial charge in [-0.25, -0.2) is 4.98 Å². The molecule has 0 aromatic carbocycles. The highest BCUT2D eigenvalue weighted by Crippen LogP contribution is 2.24. The molecule has 3 aromatic heterocycles. The van der Waals surface area contributed by atoms with Crippen LogP contribution in [0, 0.1) is 0 Å². The van der Waals surface area contributed by atoms with E-state index in [1.54, 1.807) is 12.4 Å². The predicted molar refractivity (Wildman–Crippen MR) is 102 cm³/mol. The van der Waals surface area contributed by atoms with Crippen LogP contribution in [0.2, 0.25) is 0 Å². The molecule has 26 heavy (non-hydrogen) atoms. The van der Waals surface area contributed by atoms with E-state index in [-0.39, 0.29) is 12.4 Å². The van der Waals surface area contributed by atoms with Crippen molar-refractivity contribution in [3.63, 3.8) is 0 Å². The number of halogens is 1. The Morgan fingerprint density at radius 2 is 1.88 bits per heavy atom.